The van der Waals surface area contributed by atoms with Gasteiger partial charge >= 0.3 is 6.18 Å². The molecule has 0 atom stereocenters. The second kappa shape index (κ2) is 5.21. The predicted octanol–water partition coefficient (Wildman–Crippen LogP) is 2.79. The van der Waals surface area contributed by atoms with Gasteiger partial charge in [-0.15, -0.1) is 0 Å². The van der Waals surface area contributed by atoms with Gasteiger partial charge in [-0.2, -0.15) is 13.2 Å². The average molecular weight is 244 g/mol. The molecule has 1 rings (SSSR count). The van der Waals surface area contributed by atoms with Crippen molar-refractivity contribution in [2.24, 2.45) is 0 Å². The summed E-state index contributed by atoms with van der Waals surface area (Å²) >= 11 is 0. The Balaban J connectivity index is 2.76. The predicted molar refractivity (Wildman–Crippen MR) is 57.4 cm³/mol. The number of benzene rings is 1. The zero-order valence-corrected chi connectivity index (χ0v) is 9.58. The Morgan fingerprint density at radius 2 is 2.00 bits per heavy atom. The van der Waals surface area contributed by atoms with Crippen molar-refractivity contribution in [3.8, 4) is 0 Å². The minimum Gasteiger partial charge on any atom is -0.273 e. The molecule has 5 heteroatoms. The smallest absolute Gasteiger partial charge is 0.273 e. The van der Waals surface area contributed by atoms with Crippen LogP contribution in [0.5, 0.6) is 0 Å². The van der Waals surface area contributed by atoms with E-state index < -0.39 is 17.6 Å². The van der Waals surface area contributed by atoms with Crippen molar-refractivity contribution < 1.29 is 18.0 Å². The quantitative estimate of drug-likeness (QED) is 0.804. The van der Waals surface area contributed by atoms with Crippen LogP contribution in [0.2, 0.25) is 0 Å². The number of carbonyl (C=O) groups is 1. The molecular formula is C12H13F3NO. The van der Waals surface area contributed by atoms with Crippen molar-refractivity contribution >= 4 is 5.91 Å². The van der Waals surface area contributed by atoms with Gasteiger partial charge in [-0.3, -0.25) is 4.79 Å². The summed E-state index contributed by atoms with van der Waals surface area (Å²) in [6, 6.07) is 4.60. The van der Waals surface area contributed by atoms with E-state index >= 15 is 0 Å². The second-order valence-electron chi connectivity index (χ2n) is 3.99. The normalized spacial score (nSPS) is 11.6. The Bertz CT molecular complexity index is 399. The van der Waals surface area contributed by atoms with Crippen LogP contribution < -0.4 is 5.32 Å². The first kappa shape index (κ1) is 13.5. The monoisotopic (exact) mass is 244 g/mol. The summed E-state index contributed by atoms with van der Waals surface area (Å²) in [6.45, 7) is 3.48. The van der Waals surface area contributed by atoms with E-state index in [9.17, 15) is 18.0 Å². The number of hydrogen-bond acceptors (Lipinski definition) is 1. The van der Waals surface area contributed by atoms with Crippen LogP contribution in [-0.4, -0.2) is 11.9 Å². The first-order chi connectivity index (χ1) is 7.79. The molecule has 0 aliphatic heterocycles. The molecule has 0 fully saturated rings. The highest BCUT2D eigenvalue weighted by molar-refractivity contribution is 5.78. The fourth-order valence-electron chi connectivity index (χ4n) is 1.37. The Kier molecular flexibility index (Phi) is 4.15. The van der Waals surface area contributed by atoms with E-state index in [0.717, 1.165) is 12.1 Å². The number of carbonyl (C=O) groups excluding carboxylic acids is 1. The highest BCUT2D eigenvalue weighted by Crippen LogP contribution is 2.29. The number of hydrogen-bond donors (Lipinski definition) is 0. The molecule has 0 bridgehead atoms. The third-order valence-electron chi connectivity index (χ3n) is 2.01. The van der Waals surface area contributed by atoms with Gasteiger partial charge in [0.2, 0.25) is 5.91 Å². The highest BCUT2D eigenvalue weighted by Gasteiger charge is 2.30. The van der Waals surface area contributed by atoms with E-state index in [4.69, 9.17) is 0 Å². The molecule has 1 radical (unpaired) electrons. The van der Waals surface area contributed by atoms with E-state index in [1.165, 1.54) is 12.1 Å². The van der Waals surface area contributed by atoms with Crippen LogP contribution in [0, 0.1) is 0 Å². The van der Waals surface area contributed by atoms with Crippen molar-refractivity contribution in [3.63, 3.8) is 0 Å². The molecule has 0 aliphatic carbocycles. The summed E-state index contributed by atoms with van der Waals surface area (Å²) in [5.74, 6) is -0.403. The first-order valence-corrected chi connectivity index (χ1v) is 5.19. The molecule has 0 N–H and O–H groups in total. The van der Waals surface area contributed by atoms with Gasteiger partial charge in [0, 0.05) is 6.04 Å². The van der Waals surface area contributed by atoms with Crippen molar-refractivity contribution in [3.05, 3.63) is 35.4 Å². The second-order valence-corrected chi connectivity index (χ2v) is 3.99. The van der Waals surface area contributed by atoms with E-state index in [1.54, 1.807) is 13.8 Å². The summed E-state index contributed by atoms with van der Waals surface area (Å²) in [5, 5.41) is 3.74. The van der Waals surface area contributed by atoms with Crippen LogP contribution in [0.4, 0.5) is 13.2 Å². The van der Waals surface area contributed by atoms with Gasteiger partial charge < -0.3 is 0 Å². The zero-order chi connectivity index (χ0) is 13.1. The number of amides is 1. The largest absolute Gasteiger partial charge is 0.416 e. The first-order valence-electron chi connectivity index (χ1n) is 5.19. The van der Waals surface area contributed by atoms with Gasteiger partial charge in [0.05, 0.1) is 12.0 Å². The molecule has 0 unspecified atom stereocenters. The summed E-state index contributed by atoms with van der Waals surface area (Å²) in [4.78, 5) is 11.3. The molecule has 17 heavy (non-hydrogen) atoms. The Labute approximate surface area is 97.8 Å². The lowest BCUT2D eigenvalue weighted by Crippen LogP contribution is -2.24. The van der Waals surface area contributed by atoms with Crippen LogP contribution in [-0.2, 0) is 17.4 Å². The van der Waals surface area contributed by atoms with Gasteiger partial charge in [-0.1, -0.05) is 18.2 Å². The minimum absolute atomic E-state index is 0.0951. The third kappa shape index (κ3) is 4.46. The lowest BCUT2D eigenvalue weighted by atomic mass is 10.1. The molecule has 0 spiro atoms. The number of alkyl halides is 3. The van der Waals surface area contributed by atoms with Crippen LogP contribution in [0.25, 0.3) is 0 Å². The standard InChI is InChI=1S/C12H13F3NO/c1-8(2)16-11(17)7-9-4-3-5-10(6-9)12(13,14)15/h3-6,8H,7H2,1-2H3. The lowest BCUT2D eigenvalue weighted by molar-refractivity contribution is -0.137. The third-order valence-corrected chi connectivity index (χ3v) is 2.01. The van der Waals surface area contributed by atoms with Gasteiger partial charge in [0.25, 0.3) is 0 Å². The van der Waals surface area contributed by atoms with Gasteiger partial charge in [0.1, 0.15) is 0 Å². The van der Waals surface area contributed by atoms with Crippen LogP contribution in [0.15, 0.2) is 24.3 Å². The molecule has 1 aromatic rings. The Hall–Kier alpha value is -1.52. The van der Waals surface area contributed by atoms with Crippen molar-refractivity contribution in [1.29, 1.82) is 0 Å². The molecule has 1 aromatic carbocycles. The molecule has 0 aliphatic rings. The summed E-state index contributed by atoms with van der Waals surface area (Å²) in [6.07, 6.45) is -4.48. The van der Waals surface area contributed by atoms with Crippen molar-refractivity contribution in [2.75, 3.05) is 0 Å². The highest BCUT2D eigenvalue weighted by atomic mass is 19.4. The van der Waals surface area contributed by atoms with Gasteiger partial charge in [-0.05, 0) is 25.5 Å². The average Bonchev–Trinajstić information content (AvgIpc) is 2.15. The molecule has 93 valence electrons. The number of nitrogens with zero attached hydrogens (tertiary/aromatic N) is 1. The number of rotatable bonds is 3. The maximum Gasteiger partial charge on any atom is 0.416 e. The van der Waals surface area contributed by atoms with E-state index in [2.05, 4.69) is 5.32 Å². The Morgan fingerprint density at radius 3 is 2.53 bits per heavy atom. The summed E-state index contributed by atoms with van der Waals surface area (Å²) < 4.78 is 37.2. The van der Waals surface area contributed by atoms with Gasteiger partial charge in [-0.25, -0.2) is 5.32 Å². The fourth-order valence-corrected chi connectivity index (χ4v) is 1.37. The molecule has 2 nitrogen and oxygen atoms in total. The Morgan fingerprint density at radius 1 is 1.35 bits per heavy atom. The fraction of sp³-hybridized carbons (Fsp3) is 0.417. The zero-order valence-electron chi connectivity index (χ0n) is 9.58. The molecule has 0 heterocycles. The van der Waals surface area contributed by atoms with E-state index in [-0.39, 0.29) is 12.5 Å². The molecule has 0 aromatic heterocycles. The van der Waals surface area contributed by atoms with Crippen LogP contribution in [0.1, 0.15) is 25.0 Å². The molecule has 0 saturated carbocycles. The maximum absolute atomic E-state index is 12.4. The molecule has 1 amide bonds. The molecule has 0 saturated heterocycles. The lowest BCUT2D eigenvalue weighted by Gasteiger charge is -2.09. The van der Waals surface area contributed by atoms with Crippen molar-refractivity contribution in [1.82, 2.24) is 5.32 Å². The summed E-state index contributed by atoms with van der Waals surface area (Å²) in [5.41, 5.74) is -0.415. The number of halogens is 3. The van der Waals surface area contributed by atoms with E-state index in [0.29, 0.717) is 5.56 Å². The van der Waals surface area contributed by atoms with Crippen molar-refractivity contribution in [2.45, 2.75) is 32.5 Å². The maximum atomic E-state index is 12.4. The molecular weight excluding hydrogens is 231 g/mol. The summed E-state index contributed by atoms with van der Waals surface area (Å²) in [7, 11) is 0. The van der Waals surface area contributed by atoms with Crippen LogP contribution in [0.3, 0.4) is 0 Å². The SMILES string of the molecule is CC(C)[N]C(=O)Cc1cccc(C(F)(F)F)c1. The topological polar surface area (TPSA) is 31.2 Å². The van der Waals surface area contributed by atoms with Gasteiger partial charge in [0.15, 0.2) is 0 Å². The van der Waals surface area contributed by atoms with E-state index in [1.807, 2.05) is 0 Å². The minimum atomic E-state index is -4.38. The van der Waals surface area contributed by atoms with Crippen LogP contribution >= 0.6 is 0 Å².